The Labute approximate surface area is 121 Å². The van der Waals surface area contributed by atoms with Crippen LogP contribution in [0.4, 0.5) is 5.82 Å². The lowest BCUT2D eigenvalue weighted by Gasteiger charge is -2.11. The molecular formula is C14H17BrN4. The molecule has 0 aliphatic heterocycles. The Hall–Kier alpha value is -1.49. The first-order chi connectivity index (χ1) is 9.26. The van der Waals surface area contributed by atoms with Gasteiger partial charge in [0, 0.05) is 24.5 Å². The van der Waals surface area contributed by atoms with E-state index in [-0.39, 0.29) is 0 Å². The number of aryl methyl sites for hydroxylation is 1. The molecule has 2 aromatic heterocycles. The molecule has 0 unspecified atom stereocenters. The third-order valence-corrected chi connectivity index (χ3v) is 3.55. The molecule has 0 aliphatic carbocycles. The van der Waals surface area contributed by atoms with Crippen LogP contribution in [0.3, 0.4) is 0 Å². The molecule has 0 atom stereocenters. The van der Waals surface area contributed by atoms with Crippen LogP contribution in [0.2, 0.25) is 0 Å². The summed E-state index contributed by atoms with van der Waals surface area (Å²) in [7, 11) is 0. The van der Waals surface area contributed by atoms with E-state index in [0.717, 1.165) is 40.9 Å². The van der Waals surface area contributed by atoms with Crippen molar-refractivity contribution in [3.05, 3.63) is 34.7 Å². The molecule has 0 radical (unpaired) electrons. The lowest BCUT2D eigenvalue weighted by Crippen LogP contribution is -2.07. The molecule has 19 heavy (non-hydrogen) atoms. The van der Waals surface area contributed by atoms with Crippen LogP contribution in [0, 0.1) is 0 Å². The van der Waals surface area contributed by atoms with Crippen LogP contribution in [0.1, 0.15) is 26.0 Å². The summed E-state index contributed by atoms with van der Waals surface area (Å²) in [5, 5.41) is 3.33. The number of pyridine rings is 1. The Morgan fingerprint density at radius 3 is 2.74 bits per heavy atom. The van der Waals surface area contributed by atoms with E-state index in [4.69, 9.17) is 0 Å². The van der Waals surface area contributed by atoms with Crippen LogP contribution < -0.4 is 5.32 Å². The van der Waals surface area contributed by atoms with Crippen molar-refractivity contribution in [3.63, 3.8) is 0 Å². The summed E-state index contributed by atoms with van der Waals surface area (Å²) in [5.74, 6) is 1.57. The van der Waals surface area contributed by atoms with E-state index in [0.29, 0.717) is 5.82 Å². The van der Waals surface area contributed by atoms with E-state index >= 15 is 0 Å². The lowest BCUT2D eigenvalue weighted by atomic mass is 10.2. The summed E-state index contributed by atoms with van der Waals surface area (Å²) in [5.41, 5.74) is 1.94. The van der Waals surface area contributed by atoms with Crippen molar-refractivity contribution in [2.24, 2.45) is 0 Å². The van der Waals surface area contributed by atoms with Gasteiger partial charge < -0.3 is 5.32 Å². The number of hydrogen-bond donors (Lipinski definition) is 1. The van der Waals surface area contributed by atoms with Gasteiger partial charge in [0.2, 0.25) is 0 Å². The predicted octanol–water partition coefficient (Wildman–Crippen LogP) is 3.69. The third kappa shape index (κ3) is 3.29. The van der Waals surface area contributed by atoms with Crippen LogP contribution >= 0.6 is 15.9 Å². The smallest absolute Gasteiger partial charge is 0.163 e. The van der Waals surface area contributed by atoms with Crippen LogP contribution in [0.25, 0.3) is 11.4 Å². The first kappa shape index (κ1) is 13.9. The summed E-state index contributed by atoms with van der Waals surface area (Å²) in [6, 6.07) is 3.87. The van der Waals surface area contributed by atoms with Gasteiger partial charge in [-0.3, -0.25) is 4.98 Å². The lowest BCUT2D eigenvalue weighted by molar-refractivity contribution is 0.943. The van der Waals surface area contributed by atoms with Gasteiger partial charge in [-0.15, -0.1) is 0 Å². The molecule has 2 rings (SSSR count). The minimum absolute atomic E-state index is 0.715. The number of nitrogens with zero attached hydrogens (tertiary/aromatic N) is 3. The Morgan fingerprint density at radius 2 is 2.11 bits per heavy atom. The standard InChI is InChI=1S/C14H17BrN4/c1-3-7-17-14-12(15)11(4-2)18-13(19-14)10-6-5-8-16-9-10/h5-6,8-9H,3-4,7H2,1-2H3,(H,17,18,19). The average Bonchev–Trinajstić information content (AvgIpc) is 2.47. The van der Waals surface area contributed by atoms with Crippen molar-refractivity contribution in [3.8, 4) is 11.4 Å². The van der Waals surface area contributed by atoms with Gasteiger partial charge in [0.15, 0.2) is 5.82 Å². The fourth-order valence-corrected chi connectivity index (χ4v) is 2.31. The molecule has 0 amide bonds. The van der Waals surface area contributed by atoms with Crippen molar-refractivity contribution in [2.75, 3.05) is 11.9 Å². The number of hydrogen-bond acceptors (Lipinski definition) is 4. The Morgan fingerprint density at radius 1 is 1.26 bits per heavy atom. The second-order valence-electron chi connectivity index (χ2n) is 4.18. The summed E-state index contributed by atoms with van der Waals surface area (Å²) >= 11 is 3.58. The Kier molecular flexibility index (Phi) is 4.85. The van der Waals surface area contributed by atoms with Crippen LogP contribution in [0.5, 0.6) is 0 Å². The number of aromatic nitrogens is 3. The van der Waals surface area contributed by atoms with Gasteiger partial charge in [-0.05, 0) is 40.9 Å². The van der Waals surface area contributed by atoms with Gasteiger partial charge in [0.05, 0.1) is 10.2 Å². The predicted molar refractivity (Wildman–Crippen MR) is 81.1 cm³/mol. The summed E-state index contributed by atoms with van der Waals surface area (Å²) < 4.78 is 0.955. The molecule has 1 N–H and O–H groups in total. The van der Waals surface area contributed by atoms with E-state index in [1.165, 1.54) is 0 Å². The van der Waals surface area contributed by atoms with Gasteiger partial charge in [-0.1, -0.05) is 13.8 Å². The maximum atomic E-state index is 4.59. The van der Waals surface area contributed by atoms with Crippen molar-refractivity contribution in [2.45, 2.75) is 26.7 Å². The molecule has 4 nitrogen and oxygen atoms in total. The first-order valence-electron chi connectivity index (χ1n) is 6.47. The minimum atomic E-state index is 0.715. The van der Waals surface area contributed by atoms with Gasteiger partial charge in [0.1, 0.15) is 5.82 Å². The molecule has 0 saturated carbocycles. The molecular weight excluding hydrogens is 304 g/mol. The van der Waals surface area contributed by atoms with Gasteiger partial charge in [-0.2, -0.15) is 0 Å². The molecule has 100 valence electrons. The Bertz CT molecular complexity index is 543. The maximum absolute atomic E-state index is 4.59. The zero-order valence-electron chi connectivity index (χ0n) is 11.2. The topological polar surface area (TPSA) is 50.7 Å². The first-order valence-corrected chi connectivity index (χ1v) is 7.26. The van der Waals surface area contributed by atoms with E-state index in [2.05, 4.69) is 50.0 Å². The molecule has 0 spiro atoms. The molecule has 2 heterocycles. The SMILES string of the molecule is CCCNc1nc(-c2cccnc2)nc(CC)c1Br. The number of halogens is 1. The summed E-state index contributed by atoms with van der Waals surface area (Å²) in [6.45, 7) is 5.11. The highest BCUT2D eigenvalue weighted by molar-refractivity contribution is 9.10. The minimum Gasteiger partial charge on any atom is -0.369 e. The molecule has 2 aromatic rings. The highest BCUT2D eigenvalue weighted by atomic mass is 79.9. The molecule has 0 fully saturated rings. The largest absolute Gasteiger partial charge is 0.369 e. The van der Waals surface area contributed by atoms with E-state index < -0.39 is 0 Å². The van der Waals surface area contributed by atoms with Crippen molar-refractivity contribution >= 4 is 21.7 Å². The maximum Gasteiger partial charge on any atom is 0.163 e. The zero-order chi connectivity index (χ0) is 13.7. The molecule has 0 saturated heterocycles. The average molecular weight is 321 g/mol. The van der Waals surface area contributed by atoms with Crippen molar-refractivity contribution in [1.29, 1.82) is 0 Å². The highest BCUT2D eigenvalue weighted by Crippen LogP contribution is 2.27. The van der Waals surface area contributed by atoms with E-state index in [1.54, 1.807) is 12.4 Å². The third-order valence-electron chi connectivity index (χ3n) is 2.72. The summed E-state index contributed by atoms with van der Waals surface area (Å²) in [6.07, 6.45) is 5.45. The van der Waals surface area contributed by atoms with Gasteiger partial charge in [-0.25, -0.2) is 9.97 Å². The second-order valence-corrected chi connectivity index (χ2v) is 4.97. The Balaban J connectivity index is 2.45. The molecule has 0 aromatic carbocycles. The van der Waals surface area contributed by atoms with Crippen molar-refractivity contribution < 1.29 is 0 Å². The fourth-order valence-electron chi connectivity index (χ4n) is 1.71. The van der Waals surface area contributed by atoms with Crippen LogP contribution in [-0.2, 0) is 6.42 Å². The molecule has 5 heteroatoms. The monoisotopic (exact) mass is 320 g/mol. The summed E-state index contributed by atoms with van der Waals surface area (Å²) in [4.78, 5) is 13.3. The van der Waals surface area contributed by atoms with E-state index in [9.17, 15) is 0 Å². The quantitative estimate of drug-likeness (QED) is 0.912. The second kappa shape index (κ2) is 6.61. The van der Waals surface area contributed by atoms with Gasteiger partial charge in [0.25, 0.3) is 0 Å². The fraction of sp³-hybridized carbons (Fsp3) is 0.357. The number of nitrogens with one attached hydrogen (secondary N) is 1. The zero-order valence-corrected chi connectivity index (χ0v) is 12.7. The van der Waals surface area contributed by atoms with Crippen LogP contribution in [0.15, 0.2) is 29.0 Å². The van der Waals surface area contributed by atoms with Crippen LogP contribution in [-0.4, -0.2) is 21.5 Å². The van der Waals surface area contributed by atoms with Crippen molar-refractivity contribution in [1.82, 2.24) is 15.0 Å². The highest BCUT2D eigenvalue weighted by Gasteiger charge is 2.12. The molecule has 0 aliphatic rings. The van der Waals surface area contributed by atoms with Gasteiger partial charge >= 0.3 is 0 Å². The molecule has 0 bridgehead atoms. The normalized spacial score (nSPS) is 10.5. The van der Waals surface area contributed by atoms with E-state index in [1.807, 2.05) is 12.1 Å². The number of rotatable bonds is 5. The number of anilines is 1.